The molecule has 0 saturated carbocycles. The van der Waals surface area contributed by atoms with Crippen LogP contribution in [0.2, 0.25) is 0 Å². The first-order chi connectivity index (χ1) is 5.73. The summed E-state index contributed by atoms with van der Waals surface area (Å²) in [7, 11) is 0. The zero-order chi connectivity index (χ0) is 10.7. The van der Waals surface area contributed by atoms with E-state index in [0.717, 1.165) is 12.7 Å². The highest BCUT2D eigenvalue weighted by Crippen LogP contribution is 2.45. The van der Waals surface area contributed by atoms with Gasteiger partial charge in [0.1, 0.15) is 6.29 Å². The van der Waals surface area contributed by atoms with Gasteiger partial charge in [-0.2, -0.15) is 0 Å². The van der Waals surface area contributed by atoms with Gasteiger partial charge in [-0.3, -0.25) is 0 Å². The molecule has 0 heterocycles. The number of rotatable bonds is 4. The zero-order valence-electron chi connectivity index (χ0n) is 9.98. The van der Waals surface area contributed by atoms with E-state index in [4.69, 9.17) is 0 Å². The highest BCUT2D eigenvalue weighted by atomic mass is 16.1. The van der Waals surface area contributed by atoms with Gasteiger partial charge in [-0.1, -0.05) is 41.5 Å². The summed E-state index contributed by atoms with van der Waals surface area (Å²) in [5.41, 5.74) is 0.348. The van der Waals surface area contributed by atoms with Gasteiger partial charge in [-0.25, -0.2) is 0 Å². The Hall–Kier alpha value is -0.330. The van der Waals surface area contributed by atoms with Gasteiger partial charge in [0.15, 0.2) is 0 Å². The molecule has 78 valence electrons. The van der Waals surface area contributed by atoms with Crippen LogP contribution in [0.3, 0.4) is 0 Å². The van der Waals surface area contributed by atoms with E-state index < -0.39 is 0 Å². The van der Waals surface area contributed by atoms with Crippen molar-refractivity contribution in [1.82, 2.24) is 0 Å². The molecule has 0 rings (SSSR count). The maximum Gasteiger partial charge on any atom is 0.120 e. The van der Waals surface area contributed by atoms with Crippen LogP contribution in [-0.2, 0) is 4.79 Å². The summed E-state index contributed by atoms with van der Waals surface area (Å²) in [4.78, 5) is 10.6. The second-order valence-corrected chi connectivity index (χ2v) is 5.78. The van der Waals surface area contributed by atoms with Crippen LogP contribution in [0.15, 0.2) is 0 Å². The molecule has 0 aromatic heterocycles. The van der Waals surface area contributed by atoms with Gasteiger partial charge < -0.3 is 4.79 Å². The van der Waals surface area contributed by atoms with Crippen molar-refractivity contribution in [1.29, 1.82) is 0 Å². The summed E-state index contributed by atoms with van der Waals surface area (Å²) in [5, 5.41) is 0. The Kier molecular flexibility index (Phi) is 4.15. The van der Waals surface area contributed by atoms with Gasteiger partial charge >= 0.3 is 0 Å². The molecule has 0 aliphatic carbocycles. The molecule has 1 atom stereocenters. The summed E-state index contributed by atoms with van der Waals surface area (Å²) >= 11 is 0. The van der Waals surface area contributed by atoms with E-state index in [1.54, 1.807) is 0 Å². The highest BCUT2D eigenvalue weighted by molar-refractivity contribution is 5.51. The lowest BCUT2D eigenvalue weighted by molar-refractivity contribution is -0.111. The summed E-state index contributed by atoms with van der Waals surface area (Å²) in [6.45, 7) is 13.3. The molecule has 0 amide bonds. The lowest BCUT2D eigenvalue weighted by atomic mass is 9.62. The average Bonchev–Trinajstić information content (AvgIpc) is 1.82. The summed E-state index contributed by atoms with van der Waals surface area (Å²) in [6, 6.07) is 0. The van der Waals surface area contributed by atoms with Crippen LogP contribution in [0.5, 0.6) is 0 Å². The van der Waals surface area contributed by atoms with Gasteiger partial charge in [-0.15, -0.1) is 0 Å². The third-order valence-electron chi connectivity index (χ3n) is 3.20. The van der Waals surface area contributed by atoms with Crippen LogP contribution in [-0.4, -0.2) is 6.29 Å². The first-order valence-electron chi connectivity index (χ1n) is 5.16. The Bertz CT molecular complexity index is 164. The van der Waals surface area contributed by atoms with Crippen molar-refractivity contribution in [2.24, 2.45) is 16.7 Å². The third-order valence-corrected chi connectivity index (χ3v) is 3.20. The maximum absolute atomic E-state index is 10.6. The summed E-state index contributed by atoms with van der Waals surface area (Å²) in [6.07, 6.45) is 2.86. The van der Waals surface area contributed by atoms with Crippen LogP contribution in [0.1, 0.15) is 54.4 Å². The fourth-order valence-electron chi connectivity index (χ4n) is 1.78. The number of carbonyl (C=O) groups is 1. The molecule has 0 radical (unpaired) electrons. The van der Waals surface area contributed by atoms with E-state index in [0.29, 0.717) is 12.3 Å². The topological polar surface area (TPSA) is 17.1 Å². The molecule has 0 aliphatic heterocycles. The SMILES string of the molecule is CC(C)CC(C)(CC=O)C(C)(C)C. The van der Waals surface area contributed by atoms with Crippen molar-refractivity contribution in [2.45, 2.75) is 54.4 Å². The van der Waals surface area contributed by atoms with Crippen molar-refractivity contribution in [2.75, 3.05) is 0 Å². The van der Waals surface area contributed by atoms with Crippen LogP contribution >= 0.6 is 0 Å². The van der Waals surface area contributed by atoms with Gasteiger partial charge in [0.2, 0.25) is 0 Å². The van der Waals surface area contributed by atoms with Crippen molar-refractivity contribution < 1.29 is 4.79 Å². The molecule has 1 heteroatoms. The Morgan fingerprint density at radius 3 is 1.85 bits per heavy atom. The molecule has 0 fully saturated rings. The fraction of sp³-hybridized carbons (Fsp3) is 0.917. The smallest absolute Gasteiger partial charge is 0.120 e. The summed E-state index contributed by atoms with van der Waals surface area (Å²) in [5.74, 6) is 0.657. The van der Waals surface area contributed by atoms with Crippen LogP contribution < -0.4 is 0 Å². The second-order valence-electron chi connectivity index (χ2n) is 5.78. The van der Waals surface area contributed by atoms with Crippen molar-refractivity contribution >= 4 is 6.29 Å². The molecule has 13 heavy (non-hydrogen) atoms. The number of carbonyl (C=O) groups excluding carboxylic acids is 1. The number of hydrogen-bond acceptors (Lipinski definition) is 1. The van der Waals surface area contributed by atoms with E-state index in [-0.39, 0.29) is 10.8 Å². The molecule has 0 N–H and O–H groups in total. The normalized spacial score (nSPS) is 17.2. The van der Waals surface area contributed by atoms with Crippen LogP contribution in [0, 0.1) is 16.7 Å². The van der Waals surface area contributed by atoms with E-state index >= 15 is 0 Å². The summed E-state index contributed by atoms with van der Waals surface area (Å²) < 4.78 is 0. The van der Waals surface area contributed by atoms with Crippen LogP contribution in [0.25, 0.3) is 0 Å². The predicted molar refractivity (Wildman–Crippen MR) is 57.7 cm³/mol. The lowest BCUT2D eigenvalue weighted by Crippen LogP contribution is -2.34. The molecule has 0 aromatic rings. The zero-order valence-corrected chi connectivity index (χ0v) is 9.98. The molecule has 0 saturated heterocycles. The average molecular weight is 184 g/mol. The Morgan fingerprint density at radius 1 is 1.15 bits per heavy atom. The van der Waals surface area contributed by atoms with Gasteiger partial charge in [0.25, 0.3) is 0 Å². The Balaban J connectivity index is 4.62. The van der Waals surface area contributed by atoms with Gasteiger partial charge in [-0.05, 0) is 23.2 Å². The Labute approximate surface area is 82.9 Å². The van der Waals surface area contributed by atoms with Crippen LogP contribution in [0.4, 0.5) is 0 Å². The molecule has 0 bridgehead atoms. The minimum Gasteiger partial charge on any atom is -0.303 e. The van der Waals surface area contributed by atoms with Crippen molar-refractivity contribution in [3.63, 3.8) is 0 Å². The molecular formula is C12H24O. The van der Waals surface area contributed by atoms with Crippen molar-refractivity contribution in [3.05, 3.63) is 0 Å². The molecular weight excluding hydrogens is 160 g/mol. The minimum atomic E-state index is 0.142. The van der Waals surface area contributed by atoms with E-state index in [1.165, 1.54) is 0 Å². The first kappa shape index (κ1) is 12.7. The van der Waals surface area contributed by atoms with Gasteiger partial charge in [0.05, 0.1) is 0 Å². The molecule has 0 aliphatic rings. The standard InChI is InChI=1S/C12H24O/c1-10(2)9-12(6,7-8-13)11(3,4)5/h8,10H,7,9H2,1-6H3. The monoisotopic (exact) mass is 184 g/mol. The molecule has 0 spiro atoms. The lowest BCUT2D eigenvalue weighted by Gasteiger charge is -2.42. The second kappa shape index (κ2) is 4.26. The molecule has 0 aromatic carbocycles. The molecule has 1 nitrogen and oxygen atoms in total. The largest absolute Gasteiger partial charge is 0.303 e. The first-order valence-corrected chi connectivity index (χ1v) is 5.16. The van der Waals surface area contributed by atoms with E-state index in [2.05, 4.69) is 41.5 Å². The highest BCUT2D eigenvalue weighted by Gasteiger charge is 2.37. The quantitative estimate of drug-likeness (QED) is 0.609. The number of hydrogen-bond donors (Lipinski definition) is 0. The predicted octanol–water partition coefficient (Wildman–Crippen LogP) is 3.67. The van der Waals surface area contributed by atoms with Crippen molar-refractivity contribution in [3.8, 4) is 0 Å². The van der Waals surface area contributed by atoms with E-state index in [9.17, 15) is 4.79 Å². The maximum atomic E-state index is 10.6. The molecule has 1 unspecified atom stereocenters. The minimum absolute atomic E-state index is 0.142. The third kappa shape index (κ3) is 3.50. The van der Waals surface area contributed by atoms with Gasteiger partial charge in [0, 0.05) is 6.42 Å². The fourth-order valence-corrected chi connectivity index (χ4v) is 1.78. The Morgan fingerprint density at radius 2 is 1.62 bits per heavy atom. The van der Waals surface area contributed by atoms with E-state index in [1.807, 2.05) is 0 Å². The number of aldehydes is 1.